The second-order valence-electron chi connectivity index (χ2n) is 9.98. The third-order valence-electron chi connectivity index (χ3n) is 7.39. The lowest BCUT2D eigenvalue weighted by atomic mass is 10.0. The standard InChI is InChI=1S/C30H29N5O6/c1-39-30(38)26-25(41-26)29(37)35-14-6-5-7-19(35)15-31-27-23-22(16-32-28(23)34-17-33-27)24(36)18-10-12-21(13-11-18)40-20-8-3-2-4-9-20/h2-4,8-13,16-17,19,25-26H,5-7,14-15H2,1H3,(H2,31,32,33,34). The number of benzene rings is 2. The van der Waals surface area contributed by atoms with Crippen molar-refractivity contribution < 1.29 is 28.6 Å². The highest BCUT2D eigenvalue weighted by molar-refractivity contribution is 6.18. The van der Waals surface area contributed by atoms with Gasteiger partial charge in [0.25, 0.3) is 5.91 Å². The molecule has 0 radical (unpaired) electrons. The Morgan fingerprint density at radius 3 is 2.59 bits per heavy atom. The van der Waals surface area contributed by atoms with Crippen LogP contribution in [0.25, 0.3) is 11.0 Å². The van der Waals surface area contributed by atoms with Gasteiger partial charge in [-0.25, -0.2) is 14.8 Å². The van der Waals surface area contributed by atoms with Crippen LogP contribution in [0.2, 0.25) is 0 Å². The minimum Gasteiger partial charge on any atom is -0.467 e. The second-order valence-corrected chi connectivity index (χ2v) is 9.98. The highest BCUT2D eigenvalue weighted by Crippen LogP contribution is 2.30. The van der Waals surface area contributed by atoms with E-state index in [4.69, 9.17) is 14.2 Å². The van der Waals surface area contributed by atoms with E-state index in [1.54, 1.807) is 35.4 Å². The van der Waals surface area contributed by atoms with Gasteiger partial charge in [-0.2, -0.15) is 0 Å². The van der Waals surface area contributed by atoms with Gasteiger partial charge in [0.15, 0.2) is 18.0 Å². The molecule has 41 heavy (non-hydrogen) atoms. The normalized spacial score (nSPS) is 19.9. The van der Waals surface area contributed by atoms with E-state index < -0.39 is 18.2 Å². The number of aromatic nitrogens is 3. The zero-order chi connectivity index (χ0) is 28.3. The average Bonchev–Trinajstić information content (AvgIpc) is 3.70. The van der Waals surface area contributed by atoms with E-state index in [0.29, 0.717) is 52.6 Å². The van der Waals surface area contributed by atoms with Crippen LogP contribution in [-0.2, 0) is 19.1 Å². The van der Waals surface area contributed by atoms with Crippen LogP contribution in [0.15, 0.2) is 67.1 Å². The fourth-order valence-corrected chi connectivity index (χ4v) is 5.21. The van der Waals surface area contributed by atoms with Crippen molar-refractivity contribution in [3.8, 4) is 11.5 Å². The van der Waals surface area contributed by atoms with Crippen molar-refractivity contribution in [1.82, 2.24) is 19.9 Å². The molecule has 11 nitrogen and oxygen atoms in total. The lowest BCUT2D eigenvalue weighted by molar-refractivity contribution is -0.142. The smallest absolute Gasteiger partial charge is 0.338 e. The highest BCUT2D eigenvalue weighted by atomic mass is 16.6. The molecule has 2 aliphatic heterocycles. The second kappa shape index (κ2) is 11.4. The number of piperidine rings is 1. The number of epoxide rings is 1. The number of carbonyl (C=O) groups is 3. The van der Waals surface area contributed by atoms with Crippen molar-refractivity contribution in [1.29, 1.82) is 0 Å². The van der Waals surface area contributed by atoms with Crippen LogP contribution >= 0.6 is 0 Å². The Balaban J connectivity index is 1.17. The van der Waals surface area contributed by atoms with Crippen molar-refractivity contribution in [2.75, 3.05) is 25.5 Å². The molecule has 11 heteroatoms. The molecular formula is C30H29N5O6. The first-order valence-corrected chi connectivity index (χ1v) is 13.5. The third kappa shape index (κ3) is 5.48. The number of H-pyrrole nitrogens is 1. The molecule has 0 saturated carbocycles. The number of carbonyl (C=O) groups excluding carboxylic acids is 3. The molecule has 1 amide bonds. The van der Waals surface area contributed by atoms with Gasteiger partial charge >= 0.3 is 5.97 Å². The number of amides is 1. The van der Waals surface area contributed by atoms with Crippen LogP contribution in [0, 0.1) is 0 Å². The van der Waals surface area contributed by atoms with E-state index in [0.717, 1.165) is 19.3 Å². The van der Waals surface area contributed by atoms with E-state index in [2.05, 4.69) is 20.3 Å². The summed E-state index contributed by atoms with van der Waals surface area (Å²) >= 11 is 0. The number of hydrogen-bond acceptors (Lipinski definition) is 9. The largest absolute Gasteiger partial charge is 0.467 e. The van der Waals surface area contributed by atoms with Crippen molar-refractivity contribution in [2.24, 2.45) is 0 Å². The van der Waals surface area contributed by atoms with Gasteiger partial charge in [-0.15, -0.1) is 0 Å². The maximum atomic E-state index is 13.5. The minimum absolute atomic E-state index is 0.126. The summed E-state index contributed by atoms with van der Waals surface area (Å²) in [5, 5.41) is 3.92. The lowest BCUT2D eigenvalue weighted by Crippen LogP contribution is -2.49. The predicted molar refractivity (Wildman–Crippen MR) is 149 cm³/mol. The number of esters is 1. The number of fused-ring (bicyclic) bond motifs is 1. The molecule has 0 spiro atoms. The molecule has 2 aliphatic rings. The molecular weight excluding hydrogens is 526 g/mol. The molecule has 3 atom stereocenters. The highest BCUT2D eigenvalue weighted by Gasteiger charge is 2.53. The molecule has 2 N–H and O–H groups in total. The molecule has 210 valence electrons. The van der Waals surface area contributed by atoms with Gasteiger partial charge in [-0.1, -0.05) is 18.2 Å². The van der Waals surface area contributed by atoms with E-state index in [1.165, 1.54) is 13.4 Å². The van der Waals surface area contributed by atoms with Crippen LogP contribution in [0.3, 0.4) is 0 Å². The summed E-state index contributed by atoms with van der Waals surface area (Å²) in [4.78, 5) is 51.9. The Bertz CT molecular complexity index is 1570. The quantitative estimate of drug-likeness (QED) is 0.180. The Morgan fingerprint density at radius 2 is 1.80 bits per heavy atom. The number of likely N-dealkylation sites (tertiary alicyclic amines) is 1. The number of ketones is 1. The molecule has 0 aliphatic carbocycles. The summed E-state index contributed by atoms with van der Waals surface area (Å²) < 4.78 is 15.9. The van der Waals surface area contributed by atoms with E-state index in [1.807, 2.05) is 30.3 Å². The fourth-order valence-electron chi connectivity index (χ4n) is 5.21. The molecule has 2 fully saturated rings. The van der Waals surface area contributed by atoms with Crippen LogP contribution in [0.5, 0.6) is 11.5 Å². The van der Waals surface area contributed by atoms with Gasteiger partial charge in [0.2, 0.25) is 0 Å². The number of aromatic amines is 1. The number of para-hydroxylation sites is 1. The Hall–Kier alpha value is -4.77. The van der Waals surface area contributed by atoms with Gasteiger partial charge in [0.05, 0.1) is 18.1 Å². The van der Waals surface area contributed by atoms with Crippen molar-refractivity contribution in [3.05, 3.63) is 78.2 Å². The average molecular weight is 556 g/mol. The van der Waals surface area contributed by atoms with Crippen LogP contribution in [-0.4, -0.2) is 76.0 Å². The molecule has 2 aromatic carbocycles. The number of ether oxygens (including phenoxy) is 3. The molecule has 4 heterocycles. The molecule has 4 aromatic rings. The van der Waals surface area contributed by atoms with Gasteiger partial charge in [0.1, 0.15) is 29.3 Å². The molecule has 2 saturated heterocycles. The van der Waals surface area contributed by atoms with Gasteiger partial charge in [-0.05, 0) is 55.7 Å². The van der Waals surface area contributed by atoms with Crippen molar-refractivity contribution >= 4 is 34.5 Å². The number of nitrogens with zero attached hydrogens (tertiary/aromatic N) is 3. The summed E-state index contributed by atoms with van der Waals surface area (Å²) in [5.74, 6) is 0.894. The number of methoxy groups -OCH3 is 1. The lowest BCUT2D eigenvalue weighted by Gasteiger charge is -2.35. The van der Waals surface area contributed by atoms with Crippen molar-refractivity contribution in [3.63, 3.8) is 0 Å². The number of hydrogen-bond donors (Lipinski definition) is 2. The number of nitrogens with one attached hydrogen (secondary N) is 2. The number of anilines is 1. The van der Waals surface area contributed by atoms with E-state index in [9.17, 15) is 14.4 Å². The molecule has 0 bridgehead atoms. The first kappa shape index (κ1) is 26.5. The van der Waals surface area contributed by atoms with E-state index >= 15 is 0 Å². The molecule has 2 aromatic heterocycles. The maximum absolute atomic E-state index is 13.5. The summed E-state index contributed by atoms with van der Waals surface area (Å²) in [6.07, 6.45) is 4.06. The van der Waals surface area contributed by atoms with E-state index in [-0.39, 0.29) is 17.7 Å². The molecule has 3 unspecified atom stereocenters. The first-order valence-electron chi connectivity index (χ1n) is 13.5. The van der Waals surface area contributed by atoms with Crippen molar-refractivity contribution in [2.45, 2.75) is 37.5 Å². The molecule has 6 rings (SSSR count). The maximum Gasteiger partial charge on any atom is 0.338 e. The summed E-state index contributed by atoms with van der Waals surface area (Å²) in [6, 6.07) is 16.3. The number of rotatable bonds is 9. The monoisotopic (exact) mass is 555 g/mol. The van der Waals surface area contributed by atoms with Gasteiger partial charge in [-0.3, -0.25) is 9.59 Å². The Kier molecular flexibility index (Phi) is 7.34. The fraction of sp³-hybridized carbons (Fsp3) is 0.300. The van der Waals surface area contributed by atoms with Gasteiger partial charge in [0, 0.05) is 30.9 Å². The van der Waals surface area contributed by atoms with Crippen LogP contribution in [0.4, 0.5) is 5.82 Å². The summed E-state index contributed by atoms with van der Waals surface area (Å²) in [6.45, 7) is 0.994. The topological polar surface area (TPSA) is 139 Å². The Morgan fingerprint density at radius 1 is 1.02 bits per heavy atom. The SMILES string of the molecule is COC(=O)C1OC1C(=O)N1CCCCC1CNc1ncnc2[nH]cc(C(=O)c3ccc(Oc4ccccc4)cc3)c12. The summed E-state index contributed by atoms with van der Waals surface area (Å²) in [5.41, 5.74) is 1.46. The van der Waals surface area contributed by atoms with Crippen LogP contribution < -0.4 is 10.1 Å². The minimum atomic E-state index is -0.836. The van der Waals surface area contributed by atoms with Gasteiger partial charge < -0.3 is 29.4 Å². The van der Waals surface area contributed by atoms with Crippen LogP contribution in [0.1, 0.15) is 35.2 Å². The third-order valence-corrected chi connectivity index (χ3v) is 7.39. The zero-order valence-electron chi connectivity index (χ0n) is 22.4. The summed E-state index contributed by atoms with van der Waals surface area (Å²) in [7, 11) is 1.27. The predicted octanol–water partition coefficient (Wildman–Crippen LogP) is 3.71. The zero-order valence-corrected chi connectivity index (χ0v) is 22.4. The first-order chi connectivity index (χ1) is 20.0. The Labute approximate surface area is 235 Å².